The molecule has 0 heterocycles. The summed E-state index contributed by atoms with van der Waals surface area (Å²) in [4.78, 5) is 39.2. The number of nitrogens with zero attached hydrogens (tertiary/aromatic N) is 1. The van der Waals surface area contributed by atoms with Crippen LogP contribution in [0.1, 0.15) is 56.3 Å². The van der Waals surface area contributed by atoms with Gasteiger partial charge < -0.3 is 15.0 Å². The van der Waals surface area contributed by atoms with Crippen LogP contribution in [0.2, 0.25) is 0 Å². The highest BCUT2D eigenvalue weighted by atomic mass is 35.5. The summed E-state index contributed by atoms with van der Waals surface area (Å²) < 4.78 is 5.10. The molecule has 0 spiro atoms. The van der Waals surface area contributed by atoms with Crippen LogP contribution in [-0.4, -0.2) is 54.3 Å². The summed E-state index contributed by atoms with van der Waals surface area (Å²) in [6.07, 6.45) is 2.49. The molecule has 0 saturated heterocycles. The Morgan fingerprint density at radius 3 is 2.32 bits per heavy atom. The Morgan fingerprint density at radius 1 is 1.11 bits per heavy atom. The van der Waals surface area contributed by atoms with Gasteiger partial charge in [-0.3, -0.25) is 14.4 Å². The third-order valence-electron chi connectivity index (χ3n) is 4.12. The molecule has 1 aromatic rings. The zero-order valence-corrected chi connectivity index (χ0v) is 17.5. The van der Waals surface area contributed by atoms with Crippen molar-refractivity contribution in [2.75, 3.05) is 25.6 Å². The molecule has 28 heavy (non-hydrogen) atoms. The van der Waals surface area contributed by atoms with E-state index in [0.29, 0.717) is 31.0 Å². The van der Waals surface area contributed by atoms with Crippen LogP contribution < -0.4 is 5.32 Å². The van der Waals surface area contributed by atoms with Gasteiger partial charge in [-0.05, 0) is 37.8 Å². The van der Waals surface area contributed by atoms with Crippen LogP contribution in [0.15, 0.2) is 30.3 Å². The summed E-state index contributed by atoms with van der Waals surface area (Å²) in [7, 11) is 0. The van der Waals surface area contributed by atoms with E-state index in [0.717, 1.165) is 12.8 Å². The molecule has 1 aromatic carbocycles. The van der Waals surface area contributed by atoms with Gasteiger partial charge >= 0.3 is 5.97 Å². The van der Waals surface area contributed by atoms with E-state index in [-0.39, 0.29) is 31.3 Å². The molecule has 0 bridgehead atoms. The van der Waals surface area contributed by atoms with Gasteiger partial charge in [-0.25, -0.2) is 0 Å². The Labute approximate surface area is 172 Å². The van der Waals surface area contributed by atoms with Gasteiger partial charge in [0.05, 0.1) is 6.61 Å². The average Bonchev–Trinajstić information content (AvgIpc) is 2.71. The highest BCUT2D eigenvalue weighted by Crippen LogP contribution is 2.09. The normalized spacial score (nSPS) is 11.5. The zero-order valence-electron chi connectivity index (χ0n) is 16.8. The number of hydrogen-bond acceptors (Lipinski definition) is 4. The van der Waals surface area contributed by atoms with Gasteiger partial charge in [-0.2, -0.15) is 0 Å². The molecule has 1 atom stereocenters. The molecule has 1 N–H and O–H groups in total. The molecule has 0 aliphatic heterocycles. The predicted octanol–water partition coefficient (Wildman–Crippen LogP) is 3.39. The number of hydrogen-bond donors (Lipinski definition) is 1. The number of esters is 1. The fourth-order valence-corrected chi connectivity index (χ4v) is 2.86. The Kier molecular flexibility index (Phi) is 12.0. The zero-order chi connectivity index (χ0) is 20.8. The molecule has 1 unspecified atom stereocenters. The molecule has 0 saturated carbocycles. The van der Waals surface area contributed by atoms with E-state index in [4.69, 9.17) is 16.3 Å². The minimum absolute atomic E-state index is 0.0554. The third kappa shape index (κ3) is 8.74. The van der Waals surface area contributed by atoms with Gasteiger partial charge in [0.1, 0.15) is 6.04 Å². The van der Waals surface area contributed by atoms with Crippen LogP contribution in [0.4, 0.5) is 0 Å². The number of nitrogens with one attached hydrogen (secondary N) is 1. The quantitative estimate of drug-likeness (QED) is 0.307. The fraction of sp³-hybridized carbons (Fsp3) is 0.571. The third-order valence-corrected chi connectivity index (χ3v) is 4.38. The van der Waals surface area contributed by atoms with Crippen LogP contribution in [-0.2, 0) is 14.3 Å². The van der Waals surface area contributed by atoms with Crippen LogP contribution in [0, 0.1) is 0 Å². The second kappa shape index (κ2) is 14.0. The van der Waals surface area contributed by atoms with Crippen molar-refractivity contribution in [3.63, 3.8) is 0 Å². The molecule has 2 amide bonds. The summed E-state index contributed by atoms with van der Waals surface area (Å²) in [6, 6.07) is 7.95. The average molecular weight is 411 g/mol. The Balaban J connectivity index is 2.81. The van der Waals surface area contributed by atoms with E-state index in [1.54, 1.807) is 29.2 Å². The summed E-state index contributed by atoms with van der Waals surface area (Å²) in [5, 5.41) is 2.79. The van der Waals surface area contributed by atoms with Crippen molar-refractivity contribution in [3.8, 4) is 0 Å². The first-order chi connectivity index (χ1) is 13.5. The number of rotatable bonds is 13. The van der Waals surface area contributed by atoms with Gasteiger partial charge in [0.2, 0.25) is 5.91 Å². The highest BCUT2D eigenvalue weighted by molar-refractivity contribution is 6.17. The van der Waals surface area contributed by atoms with E-state index in [1.165, 1.54) is 0 Å². The van der Waals surface area contributed by atoms with E-state index >= 15 is 0 Å². The molecule has 1 rings (SSSR count). The Morgan fingerprint density at radius 2 is 1.75 bits per heavy atom. The number of amides is 2. The van der Waals surface area contributed by atoms with E-state index in [9.17, 15) is 14.4 Å². The highest BCUT2D eigenvalue weighted by Gasteiger charge is 2.26. The maximum absolute atomic E-state index is 13.0. The molecule has 0 fully saturated rings. The number of halogens is 1. The molecular weight excluding hydrogens is 380 g/mol. The van der Waals surface area contributed by atoms with E-state index < -0.39 is 12.0 Å². The lowest BCUT2D eigenvalue weighted by atomic mass is 10.1. The van der Waals surface area contributed by atoms with Crippen molar-refractivity contribution < 1.29 is 19.1 Å². The second-order valence-electron chi connectivity index (χ2n) is 6.52. The van der Waals surface area contributed by atoms with Crippen molar-refractivity contribution in [1.82, 2.24) is 10.2 Å². The number of ether oxygens (including phenoxy) is 1. The molecule has 0 aromatic heterocycles. The first-order valence-corrected chi connectivity index (χ1v) is 10.4. The van der Waals surface area contributed by atoms with E-state index in [2.05, 4.69) is 5.32 Å². The standard InChI is InChI=1S/C21H31ClN2O4/c1-3-14-24(15-4-2)21(27)18(11-12-19(25)28-16-8-13-22)23-20(26)17-9-6-5-7-10-17/h5-7,9-10,18H,3-4,8,11-16H2,1-2H3,(H,23,26). The minimum atomic E-state index is -0.772. The van der Waals surface area contributed by atoms with Gasteiger partial charge in [-0.15, -0.1) is 11.6 Å². The minimum Gasteiger partial charge on any atom is -0.466 e. The molecule has 0 aliphatic carbocycles. The molecule has 156 valence electrons. The molecule has 6 nitrogen and oxygen atoms in total. The summed E-state index contributed by atoms with van der Waals surface area (Å²) >= 11 is 5.57. The van der Waals surface area contributed by atoms with Crippen LogP contribution in [0.5, 0.6) is 0 Å². The van der Waals surface area contributed by atoms with Crippen molar-refractivity contribution in [1.29, 1.82) is 0 Å². The summed E-state index contributed by atoms with van der Waals surface area (Å²) in [5.41, 5.74) is 0.475. The SMILES string of the molecule is CCCN(CCC)C(=O)C(CCC(=O)OCCCCl)NC(=O)c1ccccc1. The maximum Gasteiger partial charge on any atom is 0.305 e. The summed E-state index contributed by atoms with van der Waals surface area (Å²) in [6.45, 7) is 5.49. The predicted molar refractivity (Wildman–Crippen MR) is 110 cm³/mol. The molecular formula is C21H31ClN2O4. The second-order valence-corrected chi connectivity index (χ2v) is 6.90. The maximum atomic E-state index is 13.0. The van der Waals surface area contributed by atoms with Crippen molar-refractivity contribution in [3.05, 3.63) is 35.9 Å². The van der Waals surface area contributed by atoms with Crippen LogP contribution in [0.25, 0.3) is 0 Å². The van der Waals surface area contributed by atoms with Gasteiger partial charge in [0.15, 0.2) is 0 Å². The smallest absolute Gasteiger partial charge is 0.305 e. The first-order valence-electron chi connectivity index (χ1n) is 9.89. The van der Waals surface area contributed by atoms with E-state index in [1.807, 2.05) is 19.9 Å². The number of carbonyl (C=O) groups is 3. The summed E-state index contributed by atoms with van der Waals surface area (Å²) in [5.74, 6) is -0.469. The molecule has 0 aliphatic rings. The fourth-order valence-electron chi connectivity index (χ4n) is 2.76. The Bertz CT molecular complexity index is 604. The number of benzene rings is 1. The Hall–Kier alpha value is -2.08. The lowest BCUT2D eigenvalue weighted by Gasteiger charge is -2.27. The monoisotopic (exact) mass is 410 g/mol. The number of carbonyl (C=O) groups excluding carboxylic acids is 3. The van der Waals surface area contributed by atoms with Crippen molar-refractivity contribution >= 4 is 29.4 Å². The topological polar surface area (TPSA) is 75.7 Å². The lowest BCUT2D eigenvalue weighted by molar-refractivity contribution is -0.144. The van der Waals surface area contributed by atoms with Gasteiger partial charge in [0.25, 0.3) is 5.91 Å². The molecule has 0 radical (unpaired) electrons. The van der Waals surface area contributed by atoms with Gasteiger partial charge in [-0.1, -0.05) is 32.0 Å². The lowest BCUT2D eigenvalue weighted by Crippen LogP contribution is -2.49. The van der Waals surface area contributed by atoms with Crippen LogP contribution >= 0.6 is 11.6 Å². The first kappa shape index (κ1) is 24.0. The van der Waals surface area contributed by atoms with Crippen LogP contribution in [0.3, 0.4) is 0 Å². The molecule has 7 heteroatoms. The van der Waals surface area contributed by atoms with Crippen molar-refractivity contribution in [2.24, 2.45) is 0 Å². The van der Waals surface area contributed by atoms with Gasteiger partial charge in [0, 0.05) is 31.0 Å². The largest absolute Gasteiger partial charge is 0.466 e. The van der Waals surface area contributed by atoms with Crippen molar-refractivity contribution in [2.45, 2.75) is 52.0 Å². The number of alkyl halides is 1.